The minimum absolute atomic E-state index is 0.140. The topological polar surface area (TPSA) is 50.7 Å². The summed E-state index contributed by atoms with van der Waals surface area (Å²) < 4.78 is 11.6. The zero-order valence-electron chi connectivity index (χ0n) is 14.2. The van der Waals surface area contributed by atoms with Gasteiger partial charge in [-0.15, -0.1) is 0 Å². The lowest BCUT2D eigenvalue weighted by atomic mass is 10.1. The van der Waals surface area contributed by atoms with E-state index in [9.17, 15) is 5.11 Å². The summed E-state index contributed by atoms with van der Waals surface area (Å²) in [6, 6.07) is 6.22. The second kappa shape index (κ2) is 7.34. The number of ether oxygens (including phenoxy) is 2. The van der Waals surface area contributed by atoms with Crippen molar-refractivity contribution in [3.05, 3.63) is 23.8 Å². The molecule has 0 aliphatic heterocycles. The highest BCUT2D eigenvalue weighted by Gasteiger charge is 2.19. The minimum Gasteiger partial charge on any atom is -0.493 e. The van der Waals surface area contributed by atoms with E-state index in [1.54, 1.807) is 21.0 Å². The Morgan fingerprint density at radius 1 is 1.27 bits per heavy atom. The van der Waals surface area contributed by atoms with Gasteiger partial charge in [0.25, 0.3) is 0 Å². The molecule has 2 N–H and O–H groups in total. The molecule has 1 saturated carbocycles. The Kier molecular flexibility index (Phi) is 5.70. The number of rotatable bonds is 7. The van der Waals surface area contributed by atoms with Gasteiger partial charge in [0.05, 0.1) is 18.8 Å². The molecule has 124 valence electrons. The summed E-state index contributed by atoms with van der Waals surface area (Å²) in [5, 5.41) is 13.1. The summed E-state index contributed by atoms with van der Waals surface area (Å²) in [5.74, 6) is 1.61. The van der Waals surface area contributed by atoms with Crippen molar-refractivity contribution in [1.82, 2.24) is 5.32 Å². The average molecular weight is 307 g/mol. The maximum absolute atomic E-state index is 9.81. The normalized spacial score (nSPS) is 17.5. The fourth-order valence-electron chi connectivity index (χ4n) is 2.76. The molecule has 22 heavy (non-hydrogen) atoms. The van der Waals surface area contributed by atoms with Crippen LogP contribution in [-0.4, -0.2) is 30.5 Å². The first-order valence-electron chi connectivity index (χ1n) is 8.19. The van der Waals surface area contributed by atoms with Crippen molar-refractivity contribution in [2.24, 2.45) is 0 Å². The molecule has 0 spiro atoms. The lowest BCUT2D eigenvalue weighted by Gasteiger charge is -2.23. The van der Waals surface area contributed by atoms with Gasteiger partial charge in [0.2, 0.25) is 0 Å². The highest BCUT2D eigenvalue weighted by Crippen LogP contribution is 2.33. The van der Waals surface area contributed by atoms with Crippen LogP contribution in [0.15, 0.2) is 18.2 Å². The number of aliphatic hydroxyl groups is 1. The van der Waals surface area contributed by atoms with Gasteiger partial charge in [0, 0.05) is 12.6 Å². The Hall–Kier alpha value is -1.26. The molecule has 1 aliphatic rings. The van der Waals surface area contributed by atoms with Crippen molar-refractivity contribution in [3.8, 4) is 11.5 Å². The van der Waals surface area contributed by atoms with Crippen molar-refractivity contribution >= 4 is 0 Å². The predicted octanol–water partition coefficient (Wildman–Crippen LogP) is 3.44. The second-order valence-electron chi connectivity index (χ2n) is 6.85. The van der Waals surface area contributed by atoms with Crippen LogP contribution in [0, 0.1) is 0 Å². The third kappa shape index (κ3) is 4.89. The molecule has 1 atom stereocenters. The van der Waals surface area contributed by atoms with Crippen LogP contribution < -0.4 is 14.8 Å². The van der Waals surface area contributed by atoms with E-state index in [1.807, 2.05) is 12.1 Å². The van der Waals surface area contributed by atoms with Crippen molar-refractivity contribution in [3.63, 3.8) is 0 Å². The number of methoxy groups -OCH3 is 1. The van der Waals surface area contributed by atoms with Crippen LogP contribution in [-0.2, 0) is 0 Å². The minimum atomic E-state index is -0.718. The Balaban J connectivity index is 2.03. The number of nitrogens with one attached hydrogen (secondary N) is 1. The number of hydrogen-bond donors (Lipinski definition) is 2. The molecule has 4 nitrogen and oxygen atoms in total. The van der Waals surface area contributed by atoms with E-state index in [4.69, 9.17) is 9.47 Å². The standard InChI is InChI=1S/C18H29NO3/c1-13(19-12-18(2,3)20)14-9-10-16(17(11-14)21-4)22-15-7-5-6-8-15/h9-11,13,15,19-20H,5-8,12H2,1-4H3. The van der Waals surface area contributed by atoms with Crippen LogP contribution in [0.1, 0.15) is 58.1 Å². The van der Waals surface area contributed by atoms with Crippen LogP contribution in [0.2, 0.25) is 0 Å². The molecule has 1 unspecified atom stereocenters. The molecule has 2 rings (SSSR count). The molecule has 0 bridgehead atoms. The maximum atomic E-state index is 9.81. The van der Waals surface area contributed by atoms with E-state index in [1.165, 1.54) is 12.8 Å². The lowest BCUT2D eigenvalue weighted by molar-refractivity contribution is 0.0770. The van der Waals surface area contributed by atoms with Gasteiger partial charge in [0.15, 0.2) is 11.5 Å². The van der Waals surface area contributed by atoms with Gasteiger partial charge in [-0.1, -0.05) is 6.07 Å². The highest BCUT2D eigenvalue weighted by molar-refractivity contribution is 5.44. The van der Waals surface area contributed by atoms with Gasteiger partial charge < -0.3 is 19.9 Å². The molecular weight excluding hydrogens is 278 g/mol. The van der Waals surface area contributed by atoms with Crippen molar-refractivity contribution < 1.29 is 14.6 Å². The van der Waals surface area contributed by atoms with E-state index < -0.39 is 5.60 Å². The highest BCUT2D eigenvalue weighted by atomic mass is 16.5. The SMILES string of the molecule is COc1cc(C(C)NCC(C)(C)O)ccc1OC1CCCC1. The van der Waals surface area contributed by atoms with Gasteiger partial charge in [-0.25, -0.2) is 0 Å². The molecule has 0 saturated heterocycles. The Morgan fingerprint density at radius 3 is 2.55 bits per heavy atom. The third-order valence-corrected chi connectivity index (χ3v) is 4.12. The fourth-order valence-corrected chi connectivity index (χ4v) is 2.76. The van der Waals surface area contributed by atoms with Gasteiger partial charge >= 0.3 is 0 Å². The maximum Gasteiger partial charge on any atom is 0.161 e. The molecule has 1 aromatic rings. The number of benzene rings is 1. The van der Waals surface area contributed by atoms with E-state index in [2.05, 4.69) is 18.3 Å². The molecular formula is C18H29NO3. The van der Waals surface area contributed by atoms with Gasteiger partial charge in [-0.2, -0.15) is 0 Å². The van der Waals surface area contributed by atoms with Crippen molar-refractivity contribution in [2.45, 2.75) is 64.2 Å². The molecule has 0 radical (unpaired) electrons. The van der Waals surface area contributed by atoms with Gasteiger partial charge in [-0.3, -0.25) is 0 Å². The molecule has 1 aromatic carbocycles. The van der Waals surface area contributed by atoms with Crippen molar-refractivity contribution in [1.29, 1.82) is 0 Å². The smallest absolute Gasteiger partial charge is 0.161 e. The lowest BCUT2D eigenvalue weighted by Crippen LogP contribution is -2.36. The molecule has 0 heterocycles. The van der Waals surface area contributed by atoms with Crippen LogP contribution in [0.3, 0.4) is 0 Å². The van der Waals surface area contributed by atoms with Gasteiger partial charge in [0.1, 0.15) is 0 Å². The third-order valence-electron chi connectivity index (χ3n) is 4.12. The average Bonchev–Trinajstić information content (AvgIpc) is 2.97. The monoisotopic (exact) mass is 307 g/mol. The van der Waals surface area contributed by atoms with Crippen LogP contribution in [0.4, 0.5) is 0 Å². The summed E-state index contributed by atoms with van der Waals surface area (Å²) in [6.07, 6.45) is 5.10. The second-order valence-corrected chi connectivity index (χ2v) is 6.85. The van der Waals surface area contributed by atoms with E-state index >= 15 is 0 Å². The quantitative estimate of drug-likeness (QED) is 0.810. The Labute approximate surface area is 133 Å². The van der Waals surface area contributed by atoms with Gasteiger partial charge in [-0.05, 0) is 64.2 Å². The summed E-state index contributed by atoms with van der Waals surface area (Å²) in [5.41, 5.74) is 0.406. The summed E-state index contributed by atoms with van der Waals surface area (Å²) in [6.45, 7) is 6.21. The van der Waals surface area contributed by atoms with Crippen LogP contribution >= 0.6 is 0 Å². The molecule has 0 aromatic heterocycles. The zero-order valence-corrected chi connectivity index (χ0v) is 14.2. The molecule has 0 amide bonds. The summed E-state index contributed by atoms with van der Waals surface area (Å²) in [4.78, 5) is 0. The first-order chi connectivity index (χ1) is 10.4. The first kappa shape index (κ1) is 17.1. The van der Waals surface area contributed by atoms with E-state index in [0.29, 0.717) is 12.6 Å². The Bertz CT molecular complexity index is 476. The van der Waals surface area contributed by atoms with E-state index in [0.717, 1.165) is 29.9 Å². The Morgan fingerprint density at radius 2 is 1.95 bits per heavy atom. The molecule has 4 heteroatoms. The zero-order chi connectivity index (χ0) is 16.2. The largest absolute Gasteiger partial charge is 0.493 e. The molecule has 1 aliphatic carbocycles. The van der Waals surface area contributed by atoms with Crippen LogP contribution in [0.5, 0.6) is 11.5 Å². The predicted molar refractivity (Wildman–Crippen MR) is 88.6 cm³/mol. The fraction of sp³-hybridized carbons (Fsp3) is 0.667. The van der Waals surface area contributed by atoms with Crippen molar-refractivity contribution in [2.75, 3.05) is 13.7 Å². The summed E-state index contributed by atoms with van der Waals surface area (Å²) >= 11 is 0. The molecule has 1 fully saturated rings. The first-order valence-corrected chi connectivity index (χ1v) is 8.19. The summed E-state index contributed by atoms with van der Waals surface area (Å²) in [7, 11) is 1.68. The van der Waals surface area contributed by atoms with E-state index in [-0.39, 0.29) is 6.04 Å². The van der Waals surface area contributed by atoms with Crippen LogP contribution in [0.25, 0.3) is 0 Å². The number of hydrogen-bond acceptors (Lipinski definition) is 4.